The number of benzene rings is 2. The minimum Gasteiger partial charge on any atom is -0.483 e. The lowest BCUT2D eigenvalue weighted by Gasteiger charge is -2.21. The second kappa shape index (κ2) is 9.10. The molecular weight excluding hydrogens is 414 g/mol. The van der Waals surface area contributed by atoms with E-state index in [-0.39, 0.29) is 25.1 Å². The molecule has 1 saturated carbocycles. The molecule has 1 amide bonds. The summed E-state index contributed by atoms with van der Waals surface area (Å²) in [5.41, 5.74) is 2.99. The van der Waals surface area contributed by atoms with Gasteiger partial charge in [-0.3, -0.25) is 4.79 Å². The average molecular weight is 440 g/mol. The number of nitrogens with zero attached hydrogens (tertiary/aromatic N) is 3. The van der Waals surface area contributed by atoms with E-state index in [4.69, 9.17) is 20.8 Å². The van der Waals surface area contributed by atoms with Gasteiger partial charge in [0.15, 0.2) is 6.61 Å². The Morgan fingerprint density at radius 1 is 1.19 bits per heavy atom. The summed E-state index contributed by atoms with van der Waals surface area (Å²) in [5.74, 6) is 1.88. The molecule has 1 aliphatic rings. The van der Waals surface area contributed by atoms with Gasteiger partial charge in [-0.1, -0.05) is 37.6 Å². The molecule has 0 atom stereocenters. The molecule has 1 fully saturated rings. The number of ether oxygens (including phenoxy) is 1. The largest absolute Gasteiger partial charge is 0.483 e. The Morgan fingerprint density at radius 3 is 2.61 bits per heavy atom. The standard InChI is InChI=1S/C24H26ClN3O3/c1-15(2)18-5-4-16(3)21(12-18)30-14-23(29)28(20-10-11-20)13-22-26-27-24(31-22)17-6-8-19(25)9-7-17/h4-9,12,15,20H,10-11,13-14H2,1-3H3. The van der Waals surface area contributed by atoms with Crippen LogP contribution in [-0.2, 0) is 11.3 Å². The molecule has 0 saturated heterocycles. The van der Waals surface area contributed by atoms with Crippen molar-refractivity contribution in [2.24, 2.45) is 0 Å². The van der Waals surface area contributed by atoms with Crippen molar-refractivity contribution in [3.05, 3.63) is 64.5 Å². The van der Waals surface area contributed by atoms with Crippen LogP contribution in [0.2, 0.25) is 5.02 Å². The molecular formula is C24H26ClN3O3. The Morgan fingerprint density at radius 2 is 1.94 bits per heavy atom. The number of hydrogen-bond donors (Lipinski definition) is 0. The molecule has 7 heteroatoms. The Kier molecular flexibility index (Phi) is 6.28. The van der Waals surface area contributed by atoms with Gasteiger partial charge in [0.2, 0.25) is 11.8 Å². The number of hydrogen-bond acceptors (Lipinski definition) is 5. The first-order chi connectivity index (χ1) is 14.9. The number of rotatable bonds is 8. The topological polar surface area (TPSA) is 68.5 Å². The summed E-state index contributed by atoms with van der Waals surface area (Å²) in [6.07, 6.45) is 1.96. The predicted octanol–water partition coefficient (Wildman–Crippen LogP) is 5.39. The lowest BCUT2D eigenvalue weighted by atomic mass is 10.0. The van der Waals surface area contributed by atoms with Gasteiger partial charge >= 0.3 is 0 Å². The van der Waals surface area contributed by atoms with E-state index in [0.29, 0.717) is 22.7 Å². The number of aryl methyl sites for hydroxylation is 1. The maximum Gasteiger partial charge on any atom is 0.261 e. The zero-order chi connectivity index (χ0) is 22.0. The average Bonchev–Trinajstić information content (AvgIpc) is 3.49. The van der Waals surface area contributed by atoms with Gasteiger partial charge in [0.05, 0.1) is 6.54 Å². The molecule has 6 nitrogen and oxygen atoms in total. The number of carbonyl (C=O) groups excluding carboxylic acids is 1. The first kappa shape index (κ1) is 21.4. The number of halogens is 1. The Hall–Kier alpha value is -2.86. The minimum atomic E-state index is -0.0805. The van der Waals surface area contributed by atoms with Crippen LogP contribution in [0.1, 0.15) is 49.6 Å². The lowest BCUT2D eigenvalue weighted by Crippen LogP contribution is -2.36. The minimum absolute atomic E-state index is 0.0168. The molecule has 2 aromatic carbocycles. The molecule has 1 heterocycles. The van der Waals surface area contributed by atoms with Crippen LogP contribution in [-0.4, -0.2) is 33.7 Å². The first-order valence-corrected chi connectivity index (χ1v) is 10.9. The summed E-state index contributed by atoms with van der Waals surface area (Å²) in [7, 11) is 0. The number of amides is 1. The highest BCUT2D eigenvalue weighted by Crippen LogP contribution is 2.30. The van der Waals surface area contributed by atoms with Crippen LogP contribution in [0.25, 0.3) is 11.5 Å². The molecule has 0 spiro atoms. The van der Waals surface area contributed by atoms with E-state index in [1.165, 1.54) is 5.56 Å². The zero-order valence-electron chi connectivity index (χ0n) is 18.0. The maximum absolute atomic E-state index is 12.9. The van der Waals surface area contributed by atoms with Crippen LogP contribution in [0.5, 0.6) is 5.75 Å². The normalized spacial score (nSPS) is 13.5. The molecule has 1 aromatic heterocycles. The van der Waals surface area contributed by atoms with Crippen molar-refractivity contribution in [3.63, 3.8) is 0 Å². The van der Waals surface area contributed by atoms with Crippen molar-refractivity contribution in [1.82, 2.24) is 15.1 Å². The maximum atomic E-state index is 12.9. The van der Waals surface area contributed by atoms with Crippen molar-refractivity contribution in [2.45, 2.75) is 52.1 Å². The lowest BCUT2D eigenvalue weighted by molar-refractivity contribution is -0.134. The number of aromatic nitrogens is 2. The monoisotopic (exact) mass is 439 g/mol. The van der Waals surface area contributed by atoms with Crippen LogP contribution in [0.15, 0.2) is 46.9 Å². The van der Waals surface area contributed by atoms with Crippen molar-refractivity contribution in [3.8, 4) is 17.2 Å². The quantitative estimate of drug-likeness (QED) is 0.470. The fourth-order valence-corrected chi connectivity index (χ4v) is 3.46. The fraction of sp³-hybridized carbons (Fsp3) is 0.375. The molecule has 162 valence electrons. The summed E-state index contributed by atoms with van der Waals surface area (Å²) in [6.45, 7) is 6.52. The summed E-state index contributed by atoms with van der Waals surface area (Å²) < 4.78 is 11.7. The third-order valence-corrected chi connectivity index (χ3v) is 5.65. The SMILES string of the molecule is Cc1ccc(C(C)C)cc1OCC(=O)N(Cc1nnc(-c2ccc(Cl)cc2)o1)C1CC1. The van der Waals surface area contributed by atoms with Gasteiger partial charge in [-0.05, 0) is 67.1 Å². The van der Waals surface area contributed by atoms with Gasteiger partial charge in [-0.25, -0.2) is 0 Å². The van der Waals surface area contributed by atoms with Gasteiger partial charge in [-0.15, -0.1) is 10.2 Å². The Labute approximate surface area is 187 Å². The third-order valence-electron chi connectivity index (χ3n) is 5.40. The van der Waals surface area contributed by atoms with Crippen LogP contribution < -0.4 is 4.74 Å². The molecule has 1 aliphatic carbocycles. The van der Waals surface area contributed by atoms with Gasteiger partial charge in [0, 0.05) is 16.6 Å². The summed E-state index contributed by atoms with van der Waals surface area (Å²) >= 11 is 5.93. The molecule has 0 bridgehead atoms. The van der Waals surface area contributed by atoms with E-state index in [2.05, 4.69) is 30.1 Å². The molecule has 31 heavy (non-hydrogen) atoms. The van der Waals surface area contributed by atoms with E-state index in [1.54, 1.807) is 17.0 Å². The molecule has 0 aliphatic heterocycles. The molecule has 0 radical (unpaired) electrons. The van der Waals surface area contributed by atoms with Crippen molar-refractivity contribution >= 4 is 17.5 Å². The summed E-state index contributed by atoms with van der Waals surface area (Å²) in [4.78, 5) is 14.7. The number of carbonyl (C=O) groups is 1. The van der Waals surface area contributed by atoms with Gasteiger partial charge in [0.25, 0.3) is 5.91 Å². The van der Waals surface area contributed by atoms with Crippen LogP contribution in [0.4, 0.5) is 0 Å². The van der Waals surface area contributed by atoms with E-state index < -0.39 is 0 Å². The molecule has 0 unspecified atom stereocenters. The van der Waals surface area contributed by atoms with E-state index >= 15 is 0 Å². The first-order valence-electron chi connectivity index (χ1n) is 10.5. The molecule has 4 rings (SSSR count). The Bertz CT molecular complexity index is 1060. The summed E-state index contributed by atoms with van der Waals surface area (Å²) in [5, 5.41) is 8.88. The van der Waals surface area contributed by atoms with Gasteiger partial charge in [0.1, 0.15) is 5.75 Å². The smallest absolute Gasteiger partial charge is 0.261 e. The second-order valence-electron chi connectivity index (χ2n) is 8.23. The van der Waals surface area contributed by atoms with Gasteiger partial charge in [-0.2, -0.15) is 0 Å². The van der Waals surface area contributed by atoms with Crippen LogP contribution in [0, 0.1) is 6.92 Å². The van der Waals surface area contributed by atoms with Crippen molar-refractivity contribution in [1.29, 1.82) is 0 Å². The predicted molar refractivity (Wildman–Crippen MR) is 119 cm³/mol. The van der Waals surface area contributed by atoms with E-state index in [0.717, 1.165) is 29.7 Å². The zero-order valence-corrected chi connectivity index (χ0v) is 18.7. The van der Waals surface area contributed by atoms with Crippen molar-refractivity contribution < 1.29 is 13.9 Å². The van der Waals surface area contributed by atoms with E-state index in [1.807, 2.05) is 31.2 Å². The highest BCUT2D eigenvalue weighted by Gasteiger charge is 2.34. The fourth-order valence-electron chi connectivity index (χ4n) is 3.33. The van der Waals surface area contributed by atoms with E-state index in [9.17, 15) is 4.79 Å². The highest BCUT2D eigenvalue weighted by molar-refractivity contribution is 6.30. The second-order valence-corrected chi connectivity index (χ2v) is 8.67. The van der Waals surface area contributed by atoms with Crippen LogP contribution in [0.3, 0.4) is 0 Å². The van der Waals surface area contributed by atoms with Gasteiger partial charge < -0.3 is 14.1 Å². The Balaban J connectivity index is 1.42. The molecule has 0 N–H and O–H groups in total. The third kappa shape index (κ3) is 5.25. The van der Waals surface area contributed by atoms with Crippen LogP contribution >= 0.6 is 11.6 Å². The summed E-state index contributed by atoms with van der Waals surface area (Å²) in [6, 6.07) is 13.5. The molecule has 3 aromatic rings. The highest BCUT2D eigenvalue weighted by atomic mass is 35.5. The van der Waals surface area contributed by atoms with Crippen molar-refractivity contribution in [2.75, 3.05) is 6.61 Å².